The number of amides is 4. The lowest BCUT2D eigenvalue weighted by Crippen LogP contribution is -2.61. The Bertz CT molecular complexity index is 2270. The van der Waals surface area contributed by atoms with Crippen molar-refractivity contribution in [2.75, 3.05) is 13.7 Å². The fourth-order valence-electron chi connectivity index (χ4n) is 10.0. The normalized spacial score (nSPS) is 28.5. The fourth-order valence-corrected chi connectivity index (χ4v) is 11.4. The van der Waals surface area contributed by atoms with E-state index in [2.05, 4.69) is 20.6 Å². The van der Waals surface area contributed by atoms with E-state index in [1.165, 1.54) is 24.1 Å². The molecule has 348 valence electrons. The van der Waals surface area contributed by atoms with Crippen molar-refractivity contribution in [1.82, 2.24) is 30.2 Å². The number of carbonyl (C=O) groups is 4. The van der Waals surface area contributed by atoms with Crippen LogP contribution in [-0.4, -0.2) is 96.2 Å². The van der Waals surface area contributed by atoms with E-state index in [-0.39, 0.29) is 35.8 Å². The molecule has 4 aliphatic carbocycles. The number of nitrogens with zero attached hydrogens (tertiary/aromatic N) is 2. The van der Waals surface area contributed by atoms with Crippen LogP contribution in [0.4, 0.5) is 22.4 Å². The number of aromatic amines is 1. The van der Waals surface area contributed by atoms with Crippen LogP contribution in [0, 0.1) is 35.0 Å². The maximum atomic E-state index is 15.4. The third-order valence-corrected chi connectivity index (χ3v) is 15.9. The van der Waals surface area contributed by atoms with Gasteiger partial charge in [0.1, 0.15) is 29.5 Å². The van der Waals surface area contributed by atoms with Crippen LogP contribution in [0.15, 0.2) is 23.0 Å². The number of rotatable bonds is 17. The molecule has 63 heavy (non-hydrogen) atoms. The molecule has 1 aliphatic heterocycles. The number of aromatic nitrogens is 2. The number of alkyl carbamates (subject to hydrolysis) is 1. The van der Waals surface area contributed by atoms with Gasteiger partial charge >= 0.3 is 6.09 Å². The Hall–Kier alpha value is -4.49. The number of halogens is 4. The van der Waals surface area contributed by atoms with Crippen molar-refractivity contribution in [2.45, 2.75) is 146 Å². The first-order chi connectivity index (χ1) is 29.6. The molecule has 1 aromatic carbocycles. The number of ether oxygens (including phenoxy) is 2. The zero-order valence-corrected chi connectivity index (χ0v) is 37.0. The molecule has 4 saturated carbocycles. The lowest BCUT2D eigenvalue weighted by molar-refractivity contribution is -0.144. The van der Waals surface area contributed by atoms with Gasteiger partial charge in [0.2, 0.25) is 28.3 Å². The van der Waals surface area contributed by atoms with Gasteiger partial charge in [0.25, 0.3) is 17.4 Å². The van der Waals surface area contributed by atoms with Gasteiger partial charge in [-0.25, -0.2) is 27.0 Å². The molecular weight excluding hydrogens is 853 g/mol. The molecule has 1 saturated heterocycles. The first kappa shape index (κ1) is 46.5. The molecule has 0 bridgehead atoms. The summed E-state index contributed by atoms with van der Waals surface area (Å²) < 4.78 is 97.1. The molecule has 2 heterocycles. The average molecular weight is 911 g/mol. The van der Waals surface area contributed by atoms with Gasteiger partial charge in [0, 0.05) is 19.0 Å². The van der Waals surface area contributed by atoms with E-state index < -0.39 is 117 Å². The minimum atomic E-state index is -4.11. The Balaban J connectivity index is 0.984. The number of likely N-dealkylation sites (tertiary alicyclic amines) is 1. The quantitative estimate of drug-likeness (QED) is 0.116. The van der Waals surface area contributed by atoms with Crippen LogP contribution in [-0.2, 0) is 35.1 Å². The summed E-state index contributed by atoms with van der Waals surface area (Å²) in [5.41, 5.74) is -4.44. The van der Waals surface area contributed by atoms with Crippen LogP contribution in [0.3, 0.4) is 0 Å². The molecule has 2 aromatic rings. The third-order valence-electron chi connectivity index (χ3n) is 14.1. The van der Waals surface area contributed by atoms with Crippen LogP contribution < -0.4 is 25.7 Å². The molecule has 0 spiro atoms. The number of benzene rings is 1. The molecule has 4 amide bonds. The van der Waals surface area contributed by atoms with E-state index in [4.69, 9.17) is 9.47 Å². The number of methoxy groups -OCH3 is 1. The predicted molar refractivity (Wildman–Crippen MR) is 221 cm³/mol. The number of carbonyl (C=O) groups excluding carboxylic acids is 4. The summed E-state index contributed by atoms with van der Waals surface area (Å²) >= 11 is 0. The summed E-state index contributed by atoms with van der Waals surface area (Å²) in [6.45, 7) is 7.07. The molecule has 5 aliphatic rings. The van der Waals surface area contributed by atoms with E-state index in [9.17, 15) is 41.2 Å². The van der Waals surface area contributed by atoms with E-state index in [1.54, 1.807) is 33.8 Å². The fraction of sp³-hybridized carbons (Fsp3) is 0.721. The minimum absolute atomic E-state index is 0.0830. The monoisotopic (exact) mass is 910 g/mol. The number of sulfonamides is 1. The van der Waals surface area contributed by atoms with Crippen molar-refractivity contribution in [3.63, 3.8) is 0 Å². The average Bonchev–Trinajstić information content (AvgIpc) is 4.12. The standard InChI is InChI=1S/C43H58F4N6O9S/c1-6-22-16-18-53(32(22)36(54)51-42(21-28(42)35(44)45)39(57)52-63(59,60)25-12-13-25)38(56)34(41(2,3)4)50-40(58)62-31-19-23-10-14-26(23)27(31)9-7-8-17-43(46,47)33-37(55)49-30-20-24(61-5)11-15-29(30)48-33/h11,15,20,22-23,25-28,31-32,34-35H,6-10,12-14,16-19,21H2,1-5H3,(H,49,55)(H,50,58)(H,51,54)(H,52,57)/t22-,23+,26+,27-,28+,31-,32+,34-,42-/m1/s1. The van der Waals surface area contributed by atoms with Gasteiger partial charge in [0.15, 0.2) is 5.69 Å². The number of H-pyrrole nitrogens is 1. The maximum absolute atomic E-state index is 15.4. The van der Waals surface area contributed by atoms with Gasteiger partial charge < -0.3 is 30.0 Å². The van der Waals surface area contributed by atoms with E-state index in [0.29, 0.717) is 56.6 Å². The molecule has 4 N–H and O–H groups in total. The number of unbranched alkanes of at least 4 members (excludes halogenated alkanes) is 1. The van der Waals surface area contributed by atoms with E-state index in [0.717, 1.165) is 12.8 Å². The van der Waals surface area contributed by atoms with Crippen molar-refractivity contribution in [3.05, 3.63) is 34.2 Å². The largest absolute Gasteiger partial charge is 0.497 e. The lowest BCUT2D eigenvalue weighted by Gasteiger charge is -2.37. The molecule has 0 radical (unpaired) electrons. The lowest BCUT2D eigenvalue weighted by atomic mass is 9.71. The molecule has 1 aromatic heterocycles. The van der Waals surface area contributed by atoms with Gasteiger partial charge in [-0.05, 0) is 99.0 Å². The van der Waals surface area contributed by atoms with E-state index in [1.807, 2.05) is 4.72 Å². The molecule has 20 heteroatoms. The number of nitrogens with one attached hydrogen (secondary N) is 4. The van der Waals surface area contributed by atoms with Crippen molar-refractivity contribution >= 4 is 44.9 Å². The summed E-state index contributed by atoms with van der Waals surface area (Å²) in [7, 11) is -2.66. The highest BCUT2D eigenvalue weighted by Gasteiger charge is 2.67. The van der Waals surface area contributed by atoms with Crippen LogP contribution in [0.25, 0.3) is 11.0 Å². The van der Waals surface area contributed by atoms with Crippen molar-refractivity contribution < 1.29 is 54.6 Å². The van der Waals surface area contributed by atoms with Crippen LogP contribution >= 0.6 is 0 Å². The summed E-state index contributed by atoms with van der Waals surface area (Å²) in [6.07, 6.45) is -0.664. The molecule has 0 unspecified atom stereocenters. The third kappa shape index (κ3) is 9.51. The highest BCUT2D eigenvalue weighted by molar-refractivity contribution is 7.91. The predicted octanol–water partition coefficient (Wildman–Crippen LogP) is 5.52. The summed E-state index contributed by atoms with van der Waals surface area (Å²) in [4.78, 5) is 75.9. The van der Waals surface area contributed by atoms with Gasteiger partial charge in [-0.1, -0.05) is 40.5 Å². The van der Waals surface area contributed by atoms with Crippen molar-refractivity contribution in [1.29, 1.82) is 0 Å². The maximum Gasteiger partial charge on any atom is 0.408 e. The van der Waals surface area contributed by atoms with E-state index >= 15 is 8.78 Å². The number of fused-ring (bicyclic) bond motifs is 2. The summed E-state index contributed by atoms with van der Waals surface area (Å²) in [5, 5.41) is 4.37. The smallest absolute Gasteiger partial charge is 0.408 e. The number of alkyl halides is 4. The SMILES string of the molecule is CC[C@@H]1CCN(C(=O)[C@@H](NC(=O)O[C@@H]2C[C@@H]3CC[C@@H]3[C@H]2CCCCC(F)(F)c2nc3ccc(OC)cc3[nH]c2=O)C(C)(C)C)[C@@H]1C(=O)N[C@]1(C(=O)NS(=O)(=O)C2CC2)C[C@H]1C(F)F. The van der Waals surface area contributed by atoms with Crippen LogP contribution in [0.5, 0.6) is 5.75 Å². The zero-order chi connectivity index (χ0) is 45.8. The molecule has 5 fully saturated rings. The molecule has 7 rings (SSSR count). The van der Waals surface area contributed by atoms with Crippen molar-refractivity contribution in [2.24, 2.45) is 35.0 Å². The first-order valence-electron chi connectivity index (χ1n) is 22.0. The Morgan fingerprint density at radius 2 is 1.79 bits per heavy atom. The number of hydrogen-bond acceptors (Lipinski definition) is 10. The zero-order valence-electron chi connectivity index (χ0n) is 36.2. The summed E-state index contributed by atoms with van der Waals surface area (Å²) in [5.74, 6) is -7.37. The van der Waals surface area contributed by atoms with Gasteiger partial charge in [0.05, 0.1) is 29.3 Å². The second-order valence-electron chi connectivity index (χ2n) is 19.3. The minimum Gasteiger partial charge on any atom is -0.497 e. The Kier molecular flexibility index (Phi) is 12.9. The second kappa shape index (κ2) is 17.5. The topological polar surface area (TPSA) is 206 Å². The Morgan fingerprint density at radius 1 is 1.06 bits per heavy atom. The molecule has 15 nitrogen and oxygen atoms in total. The van der Waals surface area contributed by atoms with Gasteiger partial charge in [-0.3, -0.25) is 23.9 Å². The van der Waals surface area contributed by atoms with Crippen LogP contribution in [0.1, 0.15) is 110 Å². The Labute approximate surface area is 363 Å². The first-order valence-corrected chi connectivity index (χ1v) is 23.5. The molecular formula is C43H58F4N6O9S. The molecule has 9 atom stereocenters. The summed E-state index contributed by atoms with van der Waals surface area (Å²) in [6, 6.07) is 2.16. The van der Waals surface area contributed by atoms with Crippen molar-refractivity contribution in [3.8, 4) is 5.75 Å². The van der Waals surface area contributed by atoms with Crippen LogP contribution in [0.2, 0.25) is 0 Å². The number of hydrogen-bond donors (Lipinski definition) is 4. The highest BCUT2D eigenvalue weighted by atomic mass is 32.2. The van der Waals surface area contributed by atoms with Gasteiger partial charge in [-0.15, -0.1) is 0 Å². The second-order valence-corrected chi connectivity index (χ2v) is 21.2. The highest BCUT2D eigenvalue weighted by Crippen LogP contribution is 2.53. The Morgan fingerprint density at radius 3 is 2.40 bits per heavy atom. The van der Waals surface area contributed by atoms with Gasteiger partial charge in [-0.2, -0.15) is 8.78 Å².